The zero-order valence-electron chi connectivity index (χ0n) is 17.4. The highest BCUT2D eigenvalue weighted by atomic mass is 19.1. The summed E-state index contributed by atoms with van der Waals surface area (Å²) in [6.07, 6.45) is 2.43. The number of carbonyl (C=O) groups is 1. The molecule has 1 atom stereocenters. The largest absolute Gasteiger partial charge is 0.474 e. The van der Waals surface area contributed by atoms with Crippen LogP contribution in [0, 0.1) is 12.7 Å². The zero-order chi connectivity index (χ0) is 22.4. The number of hydrogen-bond acceptors (Lipinski definition) is 7. The van der Waals surface area contributed by atoms with E-state index in [0.29, 0.717) is 55.0 Å². The minimum absolute atomic E-state index is 0.0519. The highest BCUT2D eigenvalue weighted by Crippen LogP contribution is 2.40. The third-order valence-electron chi connectivity index (χ3n) is 5.94. The molecule has 0 saturated carbocycles. The molecule has 1 aromatic carbocycles. The summed E-state index contributed by atoms with van der Waals surface area (Å²) in [5, 5.41) is 14.0. The second-order valence-electron chi connectivity index (χ2n) is 7.84. The topological polar surface area (TPSA) is 123 Å². The van der Waals surface area contributed by atoms with Crippen LogP contribution < -0.4 is 20.7 Å². The first-order chi connectivity index (χ1) is 15.5. The Balaban J connectivity index is 1.65. The number of halogens is 1. The van der Waals surface area contributed by atoms with Gasteiger partial charge in [-0.25, -0.2) is 19.2 Å². The van der Waals surface area contributed by atoms with Crippen LogP contribution in [-0.2, 0) is 4.74 Å². The molecule has 1 saturated heterocycles. The Morgan fingerprint density at radius 3 is 2.88 bits per heavy atom. The average Bonchev–Trinajstić information content (AvgIpc) is 3.31. The molecular weight excluding hydrogens is 417 g/mol. The highest BCUT2D eigenvalue weighted by molar-refractivity contribution is 5.99. The number of amides is 1. The Labute approximate surface area is 183 Å². The van der Waals surface area contributed by atoms with Gasteiger partial charge in [-0.3, -0.25) is 4.90 Å². The monoisotopic (exact) mass is 439 g/mol. The lowest BCUT2D eigenvalue weighted by Crippen LogP contribution is -2.40. The maximum atomic E-state index is 15.3. The quantitative estimate of drug-likeness (QED) is 0.531. The first kappa shape index (κ1) is 20.3. The molecule has 5 rings (SSSR count). The van der Waals surface area contributed by atoms with Crippen molar-refractivity contribution in [2.75, 3.05) is 42.3 Å². The van der Waals surface area contributed by atoms with E-state index in [1.165, 1.54) is 11.1 Å². The van der Waals surface area contributed by atoms with Crippen molar-refractivity contribution in [3.63, 3.8) is 0 Å². The van der Waals surface area contributed by atoms with Gasteiger partial charge in [-0.1, -0.05) is 0 Å². The van der Waals surface area contributed by atoms with Gasteiger partial charge in [0.2, 0.25) is 5.88 Å². The van der Waals surface area contributed by atoms with Crippen LogP contribution in [0.1, 0.15) is 12.0 Å². The second-order valence-corrected chi connectivity index (χ2v) is 7.84. The maximum absolute atomic E-state index is 15.3. The molecule has 0 aliphatic carbocycles. The van der Waals surface area contributed by atoms with E-state index in [1.54, 1.807) is 18.3 Å². The number of nitrogens with one attached hydrogen (secondary N) is 1. The van der Waals surface area contributed by atoms with Crippen LogP contribution in [0.4, 0.5) is 26.4 Å². The van der Waals surface area contributed by atoms with Crippen molar-refractivity contribution in [1.29, 1.82) is 0 Å². The van der Waals surface area contributed by atoms with Crippen LogP contribution in [0.3, 0.4) is 0 Å². The third kappa shape index (κ3) is 3.23. The van der Waals surface area contributed by atoms with Gasteiger partial charge in [-0.15, -0.1) is 0 Å². The van der Waals surface area contributed by atoms with E-state index in [0.717, 1.165) is 11.3 Å². The van der Waals surface area contributed by atoms with Crippen molar-refractivity contribution < 1.29 is 23.8 Å². The first-order valence-corrected chi connectivity index (χ1v) is 10.3. The van der Waals surface area contributed by atoms with E-state index in [-0.39, 0.29) is 23.1 Å². The number of nitrogens with two attached hydrogens (primary N) is 1. The number of fused-ring (bicyclic) bond motifs is 2. The van der Waals surface area contributed by atoms with Gasteiger partial charge in [0, 0.05) is 42.1 Å². The summed E-state index contributed by atoms with van der Waals surface area (Å²) >= 11 is 0. The van der Waals surface area contributed by atoms with Crippen molar-refractivity contribution in [3.8, 4) is 17.0 Å². The summed E-state index contributed by atoms with van der Waals surface area (Å²) in [4.78, 5) is 21.7. The number of hydrogen-bond donors (Lipinski definition) is 3. The van der Waals surface area contributed by atoms with E-state index < -0.39 is 11.9 Å². The molecule has 2 aliphatic heterocycles. The van der Waals surface area contributed by atoms with E-state index in [9.17, 15) is 9.90 Å². The van der Waals surface area contributed by atoms with Crippen LogP contribution in [0.25, 0.3) is 21.9 Å². The summed E-state index contributed by atoms with van der Waals surface area (Å²) in [5.74, 6) is 0.148. The third-order valence-corrected chi connectivity index (χ3v) is 5.94. The van der Waals surface area contributed by atoms with Gasteiger partial charge in [0.15, 0.2) is 5.82 Å². The van der Waals surface area contributed by atoms with Gasteiger partial charge in [0.1, 0.15) is 18.1 Å². The predicted octanol–water partition coefficient (Wildman–Crippen LogP) is 3.40. The number of pyridine rings is 2. The Hall–Kier alpha value is -3.66. The summed E-state index contributed by atoms with van der Waals surface area (Å²) in [7, 11) is 0. The summed E-state index contributed by atoms with van der Waals surface area (Å²) in [6, 6.07) is 2.94. The molecule has 2 aromatic heterocycles. The summed E-state index contributed by atoms with van der Waals surface area (Å²) in [6.45, 7) is 3.80. The number of carboxylic acid groups (broad SMARTS) is 1. The number of nitrogen functional groups attached to an aromatic ring is 1. The molecule has 0 radical (unpaired) electrons. The molecule has 166 valence electrons. The fourth-order valence-corrected chi connectivity index (χ4v) is 4.27. The zero-order valence-corrected chi connectivity index (χ0v) is 17.4. The van der Waals surface area contributed by atoms with Crippen molar-refractivity contribution in [1.82, 2.24) is 9.97 Å². The molecule has 9 nitrogen and oxygen atoms in total. The fraction of sp³-hybridized carbons (Fsp3) is 0.318. The smallest absolute Gasteiger partial charge is 0.413 e. The minimum Gasteiger partial charge on any atom is -0.474 e. The number of aromatic nitrogens is 2. The van der Waals surface area contributed by atoms with Crippen LogP contribution in [0.15, 0.2) is 24.5 Å². The fourth-order valence-electron chi connectivity index (χ4n) is 4.27. The number of anilines is 3. The number of rotatable bonds is 3. The molecule has 3 aromatic rings. The molecule has 1 fully saturated rings. The van der Waals surface area contributed by atoms with Crippen LogP contribution >= 0.6 is 0 Å². The number of ether oxygens (including phenoxy) is 2. The minimum atomic E-state index is -1.12. The van der Waals surface area contributed by atoms with Gasteiger partial charge in [0.05, 0.1) is 18.3 Å². The van der Waals surface area contributed by atoms with E-state index >= 15 is 4.39 Å². The van der Waals surface area contributed by atoms with Crippen LogP contribution in [-0.4, -0.2) is 53.6 Å². The van der Waals surface area contributed by atoms with Gasteiger partial charge in [-0.05, 0) is 36.4 Å². The van der Waals surface area contributed by atoms with Crippen molar-refractivity contribution >= 4 is 34.1 Å². The van der Waals surface area contributed by atoms with Crippen molar-refractivity contribution in [2.45, 2.75) is 19.4 Å². The van der Waals surface area contributed by atoms with Gasteiger partial charge < -0.3 is 25.6 Å². The Kier molecular flexibility index (Phi) is 4.93. The average molecular weight is 439 g/mol. The molecule has 1 unspecified atom stereocenters. The molecular formula is C22H22FN5O4. The molecule has 0 spiro atoms. The predicted molar refractivity (Wildman–Crippen MR) is 118 cm³/mol. The second kappa shape index (κ2) is 7.79. The standard InChI is InChI=1S/C22H22FN5O4/c1-11-15(8-27-21-20(11)25-3-5-32-21)14-6-12-7-17(26-9-16(12)19(24)18(14)23)28(22(29)30)13-2-4-31-10-13/h6-9,13,25H,2-5,10,24H2,1H3,(H,29,30). The van der Waals surface area contributed by atoms with Crippen LogP contribution in [0.2, 0.25) is 0 Å². The van der Waals surface area contributed by atoms with Gasteiger partial charge in [0.25, 0.3) is 0 Å². The SMILES string of the molecule is Cc1c(-c2cc3cc(N(C(=O)O)C4CCOC4)ncc3c(N)c2F)cnc2c1NCCO2. The normalized spacial score (nSPS) is 17.5. The van der Waals surface area contributed by atoms with Gasteiger partial charge >= 0.3 is 6.09 Å². The lowest BCUT2D eigenvalue weighted by atomic mass is 9.97. The van der Waals surface area contributed by atoms with Gasteiger partial charge in [-0.2, -0.15) is 0 Å². The maximum Gasteiger partial charge on any atom is 0.413 e. The molecule has 4 N–H and O–H groups in total. The van der Waals surface area contributed by atoms with Crippen molar-refractivity contribution in [3.05, 3.63) is 35.9 Å². The first-order valence-electron chi connectivity index (χ1n) is 10.3. The van der Waals surface area contributed by atoms with Crippen molar-refractivity contribution in [2.24, 2.45) is 0 Å². The molecule has 32 heavy (non-hydrogen) atoms. The van der Waals surface area contributed by atoms with E-state index in [4.69, 9.17) is 15.2 Å². The molecule has 2 aliphatic rings. The lowest BCUT2D eigenvalue weighted by Gasteiger charge is -2.24. The molecule has 1 amide bonds. The Morgan fingerprint density at radius 1 is 1.28 bits per heavy atom. The van der Waals surface area contributed by atoms with E-state index in [1.807, 2.05) is 6.92 Å². The highest BCUT2D eigenvalue weighted by Gasteiger charge is 2.30. The molecule has 4 heterocycles. The number of nitrogens with zero attached hydrogens (tertiary/aromatic N) is 3. The summed E-state index contributed by atoms with van der Waals surface area (Å²) < 4.78 is 26.2. The summed E-state index contributed by atoms with van der Waals surface area (Å²) in [5.41, 5.74) is 8.44. The Morgan fingerprint density at radius 2 is 2.12 bits per heavy atom. The molecule has 10 heteroatoms. The van der Waals surface area contributed by atoms with E-state index in [2.05, 4.69) is 15.3 Å². The molecule has 0 bridgehead atoms. The van der Waals surface area contributed by atoms with Crippen LogP contribution in [0.5, 0.6) is 5.88 Å². The Bertz CT molecular complexity index is 1230. The number of benzene rings is 1. The lowest BCUT2D eigenvalue weighted by molar-refractivity contribution is 0.183.